The van der Waals surface area contributed by atoms with E-state index in [1.807, 2.05) is 17.8 Å². The first-order valence-corrected chi connectivity index (χ1v) is 8.15. The van der Waals surface area contributed by atoms with Gasteiger partial charge in [0, 0.05) is 11.5 Å². The van der Waals surface area contributed by atoms with E-state index in [2.05, 4.69) is 51.6 Å². The normalized spacial score (nSPS) is 11.5. The summed E-state index contributed by atoms with van der Waals surface area (Å²) in [4.78, 5) is 4.70. The van der Waals surface area contributed by atoms with Gasteiger partial charge in [-0.2, -0.15) is 5.10 Å². The Labute approximate surface area is 136 Å². The monoisotopic (exact) mass is 366 g/mol. The molecule has 1 aromatic carbocycles. The molecule has 110 valence electrons. The van der Waals surface area contributed by atoms with Crippen LogP contribution in [0, 0.1) is 6.92 Å². The van der Waals surface area contributed by atoms with Gasteiger partial charge in [0.1, 0.15) is 11.3 Å². The van der Waals surface area contributed by atoms with Gasteiger partial charge in [-0.3, -0.25) is 4.57 Å². The van der Waals surface area contributed by atoms with Crippen molar-refractivity contribution in [2.24, 2.45) is 7.05 Å². The quantitative estimate of drug-likeness (QED) is 0.652. The van der Waals surface area contributed by atoms with Crippen LogP contribution in [0.25, 0.3) is 16.9 Å². The fourth-order valence-electron chi connectivity index (χ4n) is 2.63. The molecule has 0 spiro atoms. The molecule has 0 radical (unpaired) electrons. The van der Waals surface area contributed by atoms with Crippen LogP contribution in [0.1, 0.15) is 24.0 Å². The van der Waals surface area contributed by atoms with Crippen molar-refractivity contribution in [2.45, 2.75) is 26.1 Å². The first-order valence-electron chi connectivity index (χ1n) is 6.82. The molecule has 3 rings (SSSR count). The zero-order valence-corrected chi connectivity index (χ0v) is 14.5. The van der Waals surface area contributed by atoms with Crippen LogP contribution in [0.15, 0.2) is 22.7 Å². The number of benzene rings is 1. The van der Waals surface area contributed by atoms with E-state index < -0.39 is 0 Å². The lowest BCUT2D eigenvalue weighted by Crippen LogP contribution is -2.06. The molecule has 4 nitrogen and oxygen atoms in total. The van der Waals surface area contributed by atoms with Crippen molar-refractivity contribution in [2.75, 3.05) is 0 Å². The predicted octanol–water partition coefficient (Wildman–Crippen LogP) is 4.13. The highest BCUT2D eigenvalue weighted by Gasteiger charge is 2.20. The third kappa shape index (κ3) is 2.28. The maximum atomic E-state index is 6.13. The second-order valence-corrected chi connectivity index (χ2v) is 6.21. The number of rotatable bonds is 3. The van der Waals surface area contributed by atoms with Crippen LogP contribution in [-0.2, 0) is 19.3 Å². The minimum absolute atomic E-state index is 0.365. The third-order valence-corrected chi connectivity index (χ3v) is 4.37. The Hall–Kier alpha value is -1.33. The number of aryl methyl sites for hydroxylation is 3. The molecule has 21 heavy (non-hydrogen) atoms. The summed E-state index contributed by atoms with van der Waals surface area (Å²) in [6.07, 6.45) is 0.855. The van der Waals surface area contributed by atoms with Gasteiger partial charge in [-0.05, 0) is 31.0 Å². The summed E-state index contributed by atoms with van der Waals surface area (Å²) < 4.78 is 5.02. The second kappa shape index (κ2) is 5.46. The SMILES string of the molecule is CCc1nn(C)c2c1nc(CCl)n2-c1cc(Br)ccc1C. The molecule has 0 aliphatic rings. The summed E-state index contributed by atoms with van der Waals surface area (Å²) in [5, 5.41) is 4.56. The number of hydrogen-bond donors (Lipinski definition) is 0. The summed E-state index contributed by atoms with van der Waals surface area (Å²) in [6, 6.07) is 6.21. The van der Waals surface area contributed by atoms with E-state index >= 15 is 0 Å². The highest BCUT2D eigenvalue weighted by molar-refractivity contribution is 9.10. The molecule has 0 saturated heterocycles. The van der Waals surface area contributed by atoms with Gasteiger partial charge in [-0.25, -0.2) is 9.67 Å². The van der Waals surface area contributed by atoms with Crippen LogP contribution in [0.4, 0.5) is 0 Å². The van der Waals surface area contributed by atoms with Crippen molar-refractivity contribution in [3.63, 3.8) is 0 Å². The summed E-state index contributed by atoms with van der Waals surface area (Å²) in [6.45, 7) is 4.17. The highest BCUT2D eigenvalue weighted by atomic mass is 79.9. The maximum absolute atomic E-state index is 6.13. The Bertz CT molecular complexity index is 819. The van der Waals surface area contributed by atoms with Crippen LogP contribution in [0.3, 0.4) is 0 Å². The van der Waals surface area contributed by atoms with Crippen LogP contribution in [-0.4, -0.2) is 19.3 Å². The third-order valence-electron chi connectivity index (χ3n) is 3.64. The molecule has 6 heteroatoms. The Morgan fingerprint density at radius 1 is 1.33 bits per heavy atom. The molecule has 2 aromatic heterocycles. The van der Waals surface area contributed by atoms with Gasteiger partial charge < -0.3 is 0 Å². The van der Waals surface area contributed by atoms with E-state index in [0.717, 1.165) is 39.3 Å². The van der Waals surface area contributed by atoms with Crippen molar-refractivity contribution >= 4 is 38.7 Å². The molecule has 0 fully saturated rings. The first kappa shape index (κ1) is 14.6. The molecule has 0 aliphatic heterocycles. The largest absolute Gasteiger partial charge is 0.280 e. The zero-order chi connectivity index (χ0) is 15.1. The van der Waals surface area contributed by atoms with Crippen LogP contribution >= 0.6 is 27.5 Å². The van der Waals surface area contributed by atoms with Gasteiger partial charge in [0.25, 0.3) is 0 Å². The van der Waals surface area contributed by atoms with E-state index in [9.17, 15) is 0 Å². The topological polar surface area (TPSA) is 35.6 Å². The Kier molecular flexibility index (Phi) is 3.80. The Morgan fingerprint density at radius 3 is 2.76 bits per heavy atom. The van der Waals surface area contributed by atoms with Gasteiger partial charge in [-0.15, -0.1) is 11.6 Å². The van der Waals surface area contributed by atoms with Gasteiger partial charge in [0.15, 0.2) is 5.65 Å². The van der Waals surface area contributed by atoms with Crippen molar-refractivity contribution < 1.29 is 0 Å². The number of hydrogen-bond acceptors (Lipinski definition) is 2. The molecule has 0 amide bonds. The summed E-state index contributed by atoms with van der Waals surface area (Å²) >= 11 is 9.67. The molecule has 0 saturated carbocycles. The lowest BCUT2D eigenvalue weighted by molar-refractivity contribution is 0.744. The summed E-state index contributed by atoms with van der Waals surface area (Å²) in [7, 11) is 1.95. The van der Waals surface area contributed by atoms with Crippen molar-refractivity contribution in [1.29, 1.82) is 0 Å². The molecule has 2 heterocycles. The molecule has 0 aliphatic carbocycles. The van der Waals surface area contributed by atoms with Crippen molar-refractivity contribution in [3.05, 3.63) is 39.8 Å². The number of nitrogens with zero attached hydrogens (tertiary/aromatic N) is 4. The fraction of sp³-hybridized carbons (Fsp3) is 0.333. The number of alkyl halides is 1. The van der Waals surface area contributed by atoms with Crippen molar-refractivity contribution in [1.82, 2.24) is 19.3 Å². The second-order valence-electron chi connectivity index (χ2n) is 5.02. The van der Waals surface area contributed by atoms with E-state index in [1.54, 1.807) is 0 Å². The van der Waals surface area contributed by atoms with E-state index in [1.165, 1.54) is 5.56 Å². The molecule has 3 aromatic rings. The molecular formula is C15H16BrClN4. The zero-order valence-electron chi connectivity index (χ0n) is 12.2. The lowest BCUT2D eigenvalue weighted by atomic mass is 10.2. The molecular weight excluding hydrogens is 352 g/mol. The van der Waals surface area contributed by atoms with Crippen LogP contribution in [0.2, 0.25) is 0 Å². The summed E-state index contributed by atoms with van der Waals surface area (Å²) in [5.74, 6) is 1.21. The summed E-state index contributed by atoms with van der Waals surface area (Å²) in [5.41, 5.74) is 5.18. The Morgan fingerprint density at radius 2 is 2.10 bits per heavy atom. The van der Waals surface area contributed by atoms with Gasteiger partial charge in [-0.1, -0.05) is 28.9 Å². The molecule has 0 bridgehead atoms. The predicted molar refractivity (Wildman–Crippen MR) is 89.2 cm³/mol. The minimum Gasteiger partial charge on any atom is -0.280 e. The number of imidazole rings is 1. The number of aromatic nitrogens is 4. The average molecular weight is 368 g/mol. The van der Waals surface area contributed by atoms with E-state index in [4.69, 9.17) is 16.6 Å². The smallest absolute Gasteiger partial charge is 0.163 e. The molecule has 0 atom stereocenters. The molecule has 0 unspecified atom stereocenters. The van der Waals surface area contributed by atoms with Crippen LogP contribution in [0.5, 0.6) is 0 Å². The fourth-order valence-corrected chi connectivity index (χ4v) is 3.16. The van der Waals surface area contributed by atoms with Crippen LogP contribution < -0.4 is 0 Å². The Balaban J connectivity index is 2.40. The number of fused-ring (bicyclic) bond motifs is 1. The lowest BCUT2D eigenvalue weighted by Gasteiger charge is -2.11. The average Bonchev–Trinajstić information content (AvgIpc) is 2.99. The van der Waals surface area contributed by atoms with Gasteiger partial charge in [0.05, 0.1) is 17.3 Å². The van der Waals surface area contributed by atoms with E-state index in [0.29, 0.717) is 5.88 Å². The number of halogens is 2. The molecule has 0 N–H and O–H groups in total. The maximum Gasteiger partial charge on any atom is 0.163 e. The highest BCUT2D eigenvalue weighted by Crippen LogP contribution is 2.28. The minimum atomic E-state index is 0.365. The standard InChI is InChI=1S/C15H16BrClN4/c1-4-11-14-15(20(3)19-11)21(13(8-17)18-14)12-7-10(16)6-5-9(12)2/h5-7H,4,8H2,1-3H3. The van der Waals surface area contributed by atoms with E-state index in [-0.39, 0.29) is 0 Å². The first-order chi connectivity index (χ1) is 10.1. The van der Waals surface area contributed by atoms with Crippen molar-refractivity contribution in [3.8, 4) is 5.69 Å². The van der Waals surface area contributed by atoms with Gasteiger partial charge >= 0.3 is 0 Å². The van der Waals surface area contributed by atoms with Gasteiger partial charge in [0.2, 0.25) is 0 Å².